The largest absolute Gasteiger partial charge is 0.433 e. The van der Waals surface area contributed by atoms with E-state index in [1.54, 1.807) is 0 Å². The first-order valence-corrected chi connectivity index (χ1v) is 6.03. The second-order valence-corrected chi connectivity index (χ2v) is 5.24. The van der Waals surface area contributed by atoms with Crippen LogP contribution in [0, 0.1) is 0 Å². The molecule has 1 aromatic rings. The van der Waals surface area contributed by atoms with Crippen molar-refractivity contribution in [1.82, 2.24) is 15.3 Å². The van der Waals surface area contributed by atoms with Gasteiger partial charge in [0.15, 0.2) is 0 Å². The molecule has 0 saturated carbocycles. The highest BCUT2D eigenvalue weighted by Gasteiger charge is 2.32. The van der Waals surface area contributed by atoms with E-state index >= 15 is 0 Å². The molecule has 1 amide bonds. The first-order chi connectivity index (χ1) is 9.08. The molecule has 0 unspecified atom stereocenters. The molecule has 0 bridgehead atoms. The van der Waals surface area contributed by atoms with E-state index < -0.39 is 11.9 Å². The standard InChI is InChI=1S/C12H17F3N4O/c1-11(2,3)19-9(20)5-7-17-10-16-6-4-8(18-10)12(13,14)15/h4,6H,5,7H2,1-3H3,(H,19,20)(H,16,17,18). The average molecular weight is 290 g/mol. The number of carbonyl (C=O) groups is 1. The van der Waals surface area contributed by atoms with Crippen LogP contribution in [0.5, 0.6) is 0 Å². The van der Waals surface area contributed by atoms with Crippen LogP contribution in [0.15, 0.2) is 12.3 Å². The summed E-state index contributed by atoms with van der Waals surface area (Å²) < 4.78 is 37.3. The van der Waals surface area contributed by atoms with Gasteiger partial charge < -0.3 is 10.6 Å². The molecule has 0 aromatic carbocycles. The lowest BCUT2D eigenvalue weighted by Gasteiger charge is -2.20. The van der Waals surface area contributed by atoms with Crippen LogP contribution >= 0.6 is 0 Å². The highest BCUT2D eigenvalue weighted by atomic mass is 19.4. The highest BCUT2D eigenvalue weighted by Crippen LogP contribution is 2.27. The third-order valence-electron chi connectivity index (χ3n) is 2.10. The van der Waals surface area contributed by atoms with Gasteiger partial charge in [0.1, 0.15) is 5.69 Å². The third-order valence-corrected chi connectivity index (χ3v) is 2.10. The van der Waals surface area contributed by atoms with Crippen molar-refractivity contribution in [3.63, 3.8) is 0 Å². The molecule has 0 saturated heterocycles. The number of aromatic nitrogens is 2. The maximum absolute atomic E-state index is 12.4. The molecule has 20 heavy (non-hydrogen) atoms. The summed E-state index contributed by atoms with van der Waals surface area (Å²) in [4.78, 5) is 18.5. The maximum Gasteiger partial charge on any atom is 0.433 e. The van der Waals surface area contributed by atoms with E-state index in [1.165, 1.54) is 0 Å². The summed E-state index contributed by atoms with van der Waals surface area (Å²) >= 11 is 0. The first kappa shape index (κ1) is 16.2. The number of carbonyl (C=O) groups excluding carboxylic acids is 1. The van der Waals surface area contributed by atoms with Gasteiger partial charge in [0, 0.05) is 24.7 Å². The fourth-order valence-electron chi connectivity index (χ4n) is 1.37. The molecule has 8 heteroatoms. The number of halogens is 3. The quantitative estimate of drug-likeness (QED) is 0.892. The molecule has 0 aliphatic rings. The van der Waals surface area contributed by atoms with Crippen LogP contribution in [0.1, 0.15) is 32.9 Å². The van der Waals surface area contributed by atoms with E-state index in [9.17, 15) is 18.0 Å². The van der Waals surface area contributed by atoms with Crippen LogP contribution in [0.25, 0.3) is 0 Å². The Morgan fingerprint density at radius 2 is 1.95 bits per heavy atom. The fourth-order valence-corrected chi connectivity index (χ4v) is 1.37. The predicted molar refractivity (Wildman–Crippen MR) is 68.0 cm³/mol. The van der Waals surface area contributed by atoms with Gasteiger partial charge >= 0.3 is 6.18 Å². The van der Waals surface area contributed by atoms with Crippen molar-refractivity contribution >= 4 is 11.9 Å². The zero-order valence-electron chi connectivity index (χ0n) is 11.5. The molecule has 0 spiro atoms. The van der Waals surface area contributed by atoms with Crippen molar-refractivity contribution in [2.75, 3.05) is 11.9 Å². The Hall–Kier alpha value is -1.86. The Labute approximate surface area is 115 Å². The Kier molecular flexibility index (Phi) is 4.91. The number of anilines is 1. The summed E-state index contributed by atoms with van der Waals surface area (Å²) in [5.41, 5.74) is -1.36. The van der Waals surface area contributed by atoms with Crippen molar-refractivity contribution in [3.05, 3.63) is 18.0 Å². The maximum atomic E-state index is 12.4. The third kappa shape index (κ3) is 5.85. The minimum atomic E-state index is -4.51. The minimum absolute atomic E-state index is 0.122. The van der Waals surface area contributed by atoms with E-state index in [2.05, 4.69) is 20.6 Å². The zero-order chi connectivity index (χ0) is 15.4. The first-order valence-electron chi connectivity index (χ1n) is 6.03. The summed E-state index contributed by atoms with van der Waals surface area (Å²) in [6.07, 6.45) is -3.37. The SMILES string of the molecule is CC(C)(C)NC(=O)CCNc1nccc(C(F)(F)F)n1. The van der Waals surface area contributed by atoms with Gasteiger partial charge in [-0.15, -0.1) is 0 Å². The Morgan fingerprint density at radius 1 is 1.30 bits per heavy atom. The number of rotatable bonds is 4. The molecule has 112 valence electrons. The Bertz CT molecular complexity index is 469. The molecule has 2 N–H and O–H groups in total. The van der Waals surface area contributed by atoms with Gasteiger partial charge in [-0.05, 0) is 26.8 Å². The molecule has 0 fully saturated rings. The number of nitrogens with one attached hydrogen (secondary N) is 2. The number of nitrogens with zero attached hydrogens (tertiary/aromatic N) is 2. The summed E-state index contributed by atoms with van der Waals surface area (Å²) in [7, 11) is 0. The van der Waals surface area contributed by atoms with Crippen LogP contribution in [0.2, 0.25) is 0 Å². The second-order valence-electron chi connectivity index (χ2n) is 5.24. The van der Waals surface area contributed by atoms with Crippen molar-refractivity contribution in [1.29, 1.82) is 0 Å². The normalized spacial score (nSPS) is 12.1. The van der Waals surface area contributed by atoms with Crippen molar-refractivity contribution < 1.29 is 18.0 Å². The van der Waals surface area contributed by atoms with Crippen LogP contribution in [-0.2, 0) is 11.0 Å². The smallest absolute Gasteiger partial charge is 0.354 e. The number of alkyl halides is 3. The monoisotopic (exact) mass is 290 g/mol. The predicted octanol–water partition coefficient (Wildman–Crippen LogP) is 2.21. The molecule has 0 aliphatic heterocycles. The van der Waals surface area contributed by atoms with Crippen molar-refractivity contribution in [2.45, 2.75) is 38.9 Å². The summed E-state index contributed by atoms with van der Waals surface area (Å²) in [6, 6.07) is 0.789. The van der Waals surface area contributed by atoms with Crippen LogP contribution in [0.4, 0.5) is 19.1 Å². The van der Waals surface area contributed by atoms with E-state index in [0.29, 0.717) is 0 Å². The Balaban J connectivity index is 2.49. The zero-order valence-corrected chi connectivity index (χ0v) is 11.5. The van der Waals surface area contributed by atoms with E-state index in [-0.39, 0.29) is 30.4 Å². The van der Waals surface area contributed by atoms with Gasteiger partial charge in [-0.25, -0.2) is 9.97 Å². The van der Waals surface area contributed by atoms with Crippen molar-refractivity contribution in [2.24, 2.45) is 0 Å². The molecular weight excluding hydrogens is 273 g/mol. The van der Waals surface area contributed by atoms with Gasteiger partial charge in [-0.1, -0.05) is 0 Å². The lowest BCUT2D eigenvalue weighted by molar-refractivity contribution is -0.141. The lowest BCUT2D eigenvalue weighted by atomic mass is 10.1. The summed E-state index contributed by atoms with van der Waals surface area (Å²) in [6.45, 7) is 5.68. The van der Waals surface area contributed by atoms with E-state index in [1.807, 2.05) is 20.8 Å². The number of hydrogen-bond acceptors (Lipinski definition) is 4. The van der Waals surface area contributed by atoms with Crippen LogP contribution in [-0.4, -0.2) is 28.0 Å². The van der Waals surface area contributed by atoms with E-state index in [0.717, 1.165) is 12.3 Å². The summed E-state index contributed by atoms with van der Waals surface area (Å²) in [5, 5.41) is 5.33. The highest BCUT2D eigenvalue weighted by molar-refractivity contribution is 5.77. The van der Waals surface area contributed by atoms with Gasteiger partial charge in [0.05, 0.1) is 0 Å². The van der Waals surface area contributed by atoms with Gasteiger partial charge in [-0.2, -0.15) is 13.2 Å². The number of hydrogen-bond donors (Lipinski definition) is 2. The topological polar surface area (TPSA) is 66.9 Å². The molecular formula is C12H17F3N4O. The molecule has 1 aromatic heterocycles. The molecule has 0 aliphatic carbocycles. The fraction of sp³-hybridized carbons (Fsp3) is 0.583. The number of amides is 1. The molecule has 1 rings (SSSR count). The van der Waals surface area contributed by atoms with Gasteiger partial charge in [-0.3, -0.25) is 4.79 Å². The molecule has 0 radical (unpaired) electrons. The van der Waals surface area contributed by atoms with Crippen LogP contribution in [0.3, 0.4) is 0 Å². The second kappa shape index (κ2) is 6.06. The van der Waals surface area contributed by atoms with Crippen molar-refractivity contribution in [3.8, 4) is 0 Å². The lowest BCUT2D eigenvalue weighted by Crippen LogP contribution is -2.41. The summed E-state index contributed by atoms with van der Waals surface area (Å²) in [5.74, 6) is -0.347. The average Bonchev–Trinajstić information content (AvgIpc) is 2.25. The van der Waals surface area contributed by atoms with Crippen LogP contribution < -0.4 is 10.6 Å². The molecule has 0 atom stereocenters. The van der Waals surface area contributed by atoms with Gasteiger partial charge in [0.2, 0.25) is 11.9 Å². The van der Waals surface area contributed by atoms with Gasteiger partial charge in [0.25, 0.3) is 0 Å². The van der Waals surface area contributed by atoms with E-state index in [4.69, 9.17) is 0 Å². The molecule has 5 nitrogen and oxygen atoms in total. The Morgan fingerprint density at radius 3 is 2.50 bits per heavy atom. The minimum Gasteiger partial charge on any atom is -0.354 e. The molecule has 1 heterocycles.